The van der Waals surface area contributed by atoms with Crippen LogP contribution in [0.5, 0.6) is 0 Å². The zero-order chi connectivity index (χ0) is 16.9. The molecule has 0 aliphatic carbocycles. The fourth-order valence-corrected chi connectivity index (χ4v) is 2.87. The molecule has 2 heterocycles. The average molecular weight is 322 g/mol. The van der Waals surface area contributed by atoms with E-state index in [0.717, 1.165) is 45.4 Å². The minimum Gasteiger partial charge on any atom is -0.444 e. The average Bonchev–Trinajstić information content (AvgIpc) is 3.10. The molecule has 0 saturated carbocycles. The van der Waals surface area contributed by atoms with Gasteiger partial charge in [0.05, 0.1) is 6.20 Å². The van der Waals surface area contributed by atoms with Gasteiger partial charge in [0.1, 0.15) is 5.60 Å². The van der Waals surface area contributed by atoms with E-state index in [1.807, 2.05) is 36.5 Å². The van der Waals surface area contributed by atoms with Crippen LogP contribution in [0, 0.1) is 0 Å². The second kappa shape index (κ2) is 7.81. The lowest BCUT2D eigenvalue weighted by Gasteiger charge is -2.28. The molecule has 0 spiro atoms. The van der Waals surface area contributed by atoms with Crippen molar-refractivity contribution in [3.8, 4) is 0 Å². The Labute approximate surface area is 139 Å². The smallest absolute Gasteiger partial charge is 0.410 e. The molecule has 1 fully saturated rings. The highest BCUT2D eigenvalue weighted by Gasteiger charge is 2.31. The zero-order valence-corrected chi connectivity index (χ0v) is 14.8. The highest BCUT2D eigenvalue weighted by Crippen LogP contribution is 2.22. The maximum Gasteiger partial charge on any atom is 0.410 e. The standard InChI is InChI=1S/C17H30N4O2/c1-5-20-13-14(12-19-20)11-18-9-8-15-7-6-10-21(15)16(22)23-17(2,3)4/h12-13,15,18H,5-11H2,1-4H3. The minimum absolute atomic E-state index is 0.177. The fraction of sp³-hybridized carbons (Fsp3) is 0.765. The molecule has 1 aromatic rings. The van der Waals surface area contributed by atoms with Crippen LogP contribution in [0.25, 0.3) is 0 Å². The first-order valence-corrected chi connectivity index (χ1v) is 8.60. The summed E-state index contributed by atoms with van der Waals surface area (Å²) in [6, 6.07) is 0.288. The third-order valence-corrected chi connectivity index (χ3v) is 4.00. The van der Waals surface area contributed by atoms with Gasteiger partial charge in [-0.2, -0.15) is 5.10 Å². The van der Waals surface area contributed by atoms with Crippen molar-refractivity contribution in [2.75, 3.05) is 13.1 Å². The molecule has 1 unspecified atom stereocenters. The van der Waals surface area contributed by atoms with Gasteiger partial charge in [-0.3, -0.25) is 4.68 Å². The van der Waals surface area contributed by atoms with Crippen LogP contribution in [0.3, 0.4) is 0 Å². The van der Waals surface area contributed by atoms with E-state index in [0.29, 0.717) is 0 Å². The van der Waals surface area contributed by atoms with E-state index < -0.39 is 5.60 Å². The van der Waals surface area contributed by atoms with E-state index in [1.54, 1.807) is 0 Å². The third-order valence-electron chi connectivity index (χ3n) is 4.00. The van der Waals surface area contributed by atoms with Crippen molar-refractivity contribution in [1.82, 2.24) is 20.0 Å². The molecule has 130 valence electrons. The molecule has 0 radical (unpaired) electrons. The topological polar surface area (TPSA) is 59.4 Å². The van der Waals surface area contributed by atoms with Gasteiger partial charge in [-0.15, -0.1) is 0 Å². The molecule has 1 aliphatic heterocycles. The Kier molecular flexibility index (Phi) is 6.04. The second-order valence-corrected chi connectivity index (χ2v) is 7.14. The number of likely N-dealkylation sites (tertiary alicyclic amines) is 1. The van der Waals surface area contributed by atoms with E-state index in [-0.39, 0.29) is 12.1 Å². The number of ether oxygens (including phenoxy) is 1. The van der Waals surface area contributed by atoms with Crippen LogP contribution in [0.2, 0.25) is 0 Å². The number of carbonyl (C=O) groups excluding carboxylic acids is 1. The van der Waals surface area contributed by atoms with Crippen molar-refractivity contribution in [2.45, 2.75) is 71.7 Å². The molecular formula is C17H30N4O2. The van der Waals surface area contributed by atoms with Gasteiger partial charge in [0.25, 0.3) is 0 Å². The van der Waals surface area contributed by atoms with Crippen molar-refractivity contribution >= 4 is 6.09 Å². The maximum absolute atomic E-state index is 12.2. The Hall–Kier alpha value is -1.56. The predicted molar refractivity (Wildman–Crippen MR) is 90.2 cm³/mol. The van der Waals surface area contributed by atoms with Gasteiger partial charge >= 0.3 is 6.09 Å². The van der Waals surface area contributed by atoms with Crippen molar-refractivity contribution in [3.63, 3.8) is 0 Å². The van der Waals surface area contributed by atoms with Crippen molar-refractivity contribution in [2.24, 2.45) is 0 Å². The molecule has 2 rings (SSSR count). The van der Waals surface area contributed by atoms with Crippen molar-refractivity contribution in [1.29, 1.82) is 0 Å². The van der Waals surface area contributed by atoms with Crippen LogP contribution < -0.4 is 5.32 Å². The molecule has 1 amide bonds. The number of nitrogens with zero attached hydrogens (tertiary/aromatic N) is 3. The quantitative estimate of drug-likeness (QED) is 0.818. The fourth-order valence-electron chi connectivity index (χ4n) is 2.87. The molecule has 1 N–H and O–H groups in total. The summed E-state index contributed by atoms with van der Waals surface area (Å²) in [4.78, 5) is 14.1. The number of hydrogen-bond donors (Lipinski definition) is 1. The molecule has 6 heteroatoms. The summed E-state index contributed by atoms with van der Waals surface area (Å²) in [6.07, 6.45) is 6.88. The summed E-state index contributed by atoms with van der Waals surface area (Å²) in [7, 11) is 0. The summed E-state index contributed by atoms with van der Waals surface area (Å²) < 4.78 is 7.43. The first-order chi connectivity index (χ1) is 10.9. The Bertz CT molecular complexity index is 507. The third kappa shape index (κ3) is 5.53. The summed E-state index contributed by atoms with van der Waals surface area (Å²) in [6.45, 7) is 11.2. The van der Waals surface area contributed by atoms with Crippen LogP contribution in [0.1, 0.15) is 52.5 Å². The molecule has 6 nitrogen and oxygen atoms in total. The Balaban J connectivity index is 1.72. The maximum atomic E-state index is 12.2. The molecule has 1 atom stereocenters. The first kappa shape index (κ1) is 17.8. The molecule has 1 aliphatic rings. The van der Waals surface area contributed by atoms with Crippen LogP contribution in [-0.2, 0) is 17.8 Å². The van der Waals surface area contributed by atoms with Crippen molar-refractivity contribution in [3.05, 3.63) is 18.0 Å². The molecule has 23 heavy (non-hydrogen) atoms. The predicted octanol–water partition coefficient (Wildman–Crippen LogP) is 2.78. The molecule has 0 bridgehead atoms. The number of hydrogen-bond acceptors (Lipinski definition) is 4. The zero-order valence-electron chi connectivity index (χ0n) is 14.8. The molecular weight excluding hydrogens is 292 g/mol. The minimum atomic E-state index is -0.429. The number of aromatic nitrogens is 2. The van der Waals surface area contributed by atoms with E-state index in [1.165, 1.54) is 5.56 Å². The summed E-state index contributed by atoms with van der Waals surface area (Å²) in [5.74, 6) is 0. The molecule has 1 saturated heterocycles. The molecule has 0 aromatic carbocycles. The SMILES string of the molecule is CCn1cc(CNCCC2CCCN2C(=O)OC(C)(C)C)cn1. The normalized spacial score (nSPS) is 18.4. The number of aryl methyl sites for hydroxylation is 1. The van der Waals surface area contributed by atoms with Gasteiger partial charge < -0.3 is 15.0 Å². The lowest BCUT2D eigenvalue weighted by Crippen LogP contribution is -2.40. The van der Waals surface area contributed by atoms with Gasteiger partial charge in [-0.1, -0.05) is 0 Å². The van der Waals surface area contributed by atoms with E-state index in [4.69, 9.17) is 4.74 Å². The number of amides is 1. The second-order valence-electron chi connectivity index (χ2n) is 7.14. The van der Waals surface area contributed by atoms with Crippen LogP contribution in [-0.4, -0.2) is 45.5 Å². The Morgan fingerprint density at radius 3 is 2.91 bits per heavy atom. The monoisotopic (exact) mass is 322 g/mol. The number of rotatable bonds is 6. The lowest BCUT2D eigenvalue weighted by molar-refractivity contribution is 0.0220. The van der Waals surface area contributed by atoms with Crippen molar-refractivity contribution < 1.29 is 9.53 Å². The van der Waals surface area contributed by atoms with Gasteiger partial charge in [0.15, 0.2) is 0 Å². The number of nitrogens with one attached hydrogen (secondary N) is 1. The summed E-state index contributed by atoms with van der Waals surface area (Å²) >= 11 is 0. The molecule has 1 aromatic heterocycles. The van der Waals surface area contributed by atoms with Crippen LogP contribution in [0.15, 0.2) is 12.4 Å². The Morgan fingerprint density at radius 1 is 1.48 bits per heavy atom. The van der Waals surface area contributed by atoms with E-state index in [2.05, 4.69) is 23.5 Å². The highest BCUT2D eigenvalue weighted by molar-refractivity contribution is 5.68. The highest BCUT2D eigenvalue weighted by atomic mass is 16.6. The van der Waals surface area contributed by atoms with E-state index in [9.17, 15) is 4.79 Å². The lowest BCUT2D eigenvalue weighted by atomic mass is 10.1. The largest absolute Gasteiger partial charge is 0.444 e. The first-order valence-electron chi connectivity index (χ1n) is 8.60. The van der Waals surface area contributed by atoms with Crippen LogP contribution >= 0.6 is 0 Å². The van der Waals surface area contributed by atoms with Crippen LogP contribution in [0.4, 0.5) is 4.79 Å². The van der Waals surface area contributed by atoms with Gasteiger partial charge in [-0.25, -0.2) is 4.79 Å². The number of carbonyl (C=O) groups is 1. The summed E-state index contributed by atoms with van der Waals surface area (Å²) in [5, 5.41) is 7.71. The van der Waals surface area contributed by atoms with Gasteiger partial charge in [0, 0.05) is 37.4 Å². The summed E-state index contributed by atoms with van der Waals surface area (Å²) in [5.41, 5.74) is 0.768. The Morgan fingerprint density at radius 2 is 2.26 bits per heavy atom. The van der Waals surface area contributed by atoms with E-state index >= 15 is 0 Å². The van der Waals surface area contributed by atoms with Gasteiger partial charge in [-0.05, 0) is 53.5 Å². The van der Waals surface area contributed by atoms with Gasteiger partial charge in [0.2, 0.25) is 0 Å².